The third kappa shape index (κ3) is 13.5. The number of carbonyl (C=O) groups is 4. The first-order chi connectivity index (χ1) is 17.6. The maximum Gasteiger partial charge on any atom is 0.314 e. The summed E-state index contributed by atoms with van der Waals surface area (Å²) in [5.74, 6) is 0.393. The number of nitrogens with one attached hydrogen (secondary N) is 4. The van der Waals surface area contributed by atoms with Gasteiger partial charge in [-0.2, -0.15) is 0 Å². The Labute approximate surface area is 214 Å². The predicted octanol–water partition coefficient (Wildman–Crippen LogP) is 0.423. The Kier molecular flexibility index (Phi) is 15.3. The fraction of sp³-hybridized carbons (Fsp3) is 0.833. The molecule has 6 amide bonds. The van der Waals surface area contributed by atoms with Crippen LogP contribution in [0.2, 0.25) is 0 Å². The highest BCUT2D eigenvalue weighted by Crippen LogP contribution is 2.10. The highest BCUT2D eigenvalue weighted by molar-refractivity contribution is 5.77. The zero-order chi connectivity index (χ0) is 25.8. The molecular formula is C24H44N6O6. The Hall–Kier alpha value is -2.60. The van der Waals surface area contributed by atoms with Gasteiger partial charge in [0.2, 0.25) is 11.8 Å². The number of nitrogens with zero attached hydrogens (tertiary/aromatic N) is 2. The van der Waals surface area contributed by atoms with Gasteiger partial charge in [-0.15, -0.1) is 0 Å². The van der Waals surface area contributed by atoms with Gasteiger partial charge in [0.25, 0.3) is 0 Å². The van der Waals surface area contributed by atoms with E-state index in [1.807, 2.05) is 9.80 Å². The van der Waals surface area contributed by atoms with E-state index in [4.69, 9.17) is 9.47 Å². The van der Waals surface area contributed by atoms with Gasteiger partial charge < -0.3 is 40.5 Å². The van der Waals surface area contributed by atoms with E-state index in [0.29, 0.717) is 78.5 Å². The van der Waals surface area contributed by atoms with Crippen LogP contribution in [0.15, 0.2) is 0 Å². The molecular weight excluding hydrogens is 468 g/mol. The standard InChI is InChI=1S/C24H44N6O6/c31-21-7-1-5-13-29(21)15-19-35-17-11-27-23(33)25-9-3-4-10-26-24(34)28-12-18-36-20-16-30-14-6-2-8-22(30)32/h1-20H2,(H2,25,27,33)(H2,26,28,34). The van der Waals surface area contributed by atoms with Crippen molar-refractivity contribution in [3.05, 3.63) is 0 Å². The monoisotopic (exact) mass is 512 g/mol. The minimum Gasteiger partial charge on any atom is -0.378 e. The van der Waals surface area contributed by atoms with Crippen molar-refractivity contribution >= 4 is 23.9 Å². The Morgan fingerprint density at radius 2 is 1.03 bits per heavy atom. The third-order valence-electron chi connectivity index (χ3n) is 6.09. The second kappa shape index (κ2) is 18.6. The molecule has 0 radical (unpaired) electrons. The van der Waals surface area contributed by atoms with Gasteiger partial charge >= 0.3 is 12.1 Å². The molecule has 0 unspecified atom stereocenters. The number of carbonyl (C=O) groups excluding carboxylic acids is 4. The summed E-state index contributed by atoms with van der Waals surface area (Å²) in [6.07, 6.45) is 6.80. The lowest BCUT2D eigenvalue weighted by Gasteiger charge is -2.26. The lowest BCUT2D eigenvalue weighted by Crippen LogP contribution is -2.40. The van der Waals surface area contributed by atoms with Gasteiger partial charge in [-0.3, -0.25) is 9.59 Å². The van der Waals surface area contributed by atoms with E-state index in [2.05, 4.69) is 21.3 Å². The van der Waals surface area contributed by atoms with Gasteiger partial charge in [0.15, 0.2) is 0 Å². The van der Waals surface area contributed by atoms with Gasteiger partial charge in [0.05, 0.1) is 26.4 Å². The van der Waals surface area contributed by atoms with Gasteiger partial charge in [-0.1, -0.05) is 0 Å². The van der Waals surface area contributed by atoms with Crippen LogP contribution in [-0.4, -0.2) is 112 Å². The summed E-state index contributed by atoms with van der Waals surface area (Å²) in [5, 5.41) is 11.0. The molecule has 0 atom stereocenters. The molecule has 12 nitrogen and oxygen atoms in total. The normalized spacial score (nSPS) is 16.1. The fourth-order valence-corrected chi connectivity index (χ4v) is 4.00. The SMILES string of the molecule is O=C(NCCCCNC(=O)NCCOCCN1CCCCC1=O)NCCOCCN1CCCCC1=O. The quantitative estimate of drug-likeness (QED) is 0.208. The molecule has 0 aromatic rings. The zero-order valence-electron chi connectivity index (χ0n) is 21.5. The highest BCUT2D eigenvalue weighted by Gasteiger charge is 2.18. The maximum absolute atomic E-state index is 11.8. The van der Waals surface area contributed by atoms with Gasteiger partial charge in [-0.25, -0.2) is 9.59 Å². The number of urea groups is 2. The molecule has 0 aromatic heterocycles. The second-order valence-corrected chi connectivity index (χ2v) is 8.97. The predicted molar refractivity (Wildman–Crippen MR) is 135 cm³/mol. The van der Waals surface area contributed by atoms with E-state index in [0.717, 1.165) is 51.6 Å². The number of rotatable bonds is 17. The van der Waals surface area contributed by atoms with Gasteiger partial charge in [-0.05, 0) is 38.5 Å². The van der Waals surface area contributed by atoms with Crippen LogP contribution < -0.4 is 21.3 Å². The smallest absolute Gasteiger partial charge is 0.314 e. The molecule has 2 aliphatic rings. The van der Waals surface area contributed by atoms with Crippen LogP contribution in [-0.2, 0) is 19.1 Å². The molecule has 206 valence electrons. The van der Waals surface area contributed by atoms with E-state index in [9.17, 15) is 19.2 Å². The van der Waals surface area contributed by atoms with Crippen LogP contribution in [0.3, 0.4) is 0 Å². The molecule has 12 heteroatoms. The molecule has 2 heterocycles. The summed E-state index contributed by atoms with van der Waals surface area (Å²) in [5.41, 5.74) is 0. The van der Waals surface area contributed by atoms with Crippen LogP contribution in [0, 0.1) is 0 Å². The number of unbranched alkanes of at least 4 members (excludes halogenated alkanes) is 1. The lowest BCUT2D eigenvalue weighted by molar-refractivity contribution is -0.134. The van der Waals surface area contributed by atoms with Gasteiger partial charge in [0.1, 0.15) is 0 Å². The summed E-state index contributed by atoms with van der Waals surface area (Å²) in [6, 6.07) is -0.500. The minimum absolute atomic E-state index is 0.196. The van der Waals surface area contributed by atoms with Gasteiger partial charge in [0, 0.05) is 65.2 Å². The maximum atomic E-state index is 11.8. The van der Waals surface area contributed by atoms with Crippen LogP contribution in [0.1, 0.15) is 51.4 Å². The molecule has 36 heavy (non-hydrogen) atoms. The van der Waals surface area contributed by atoms with Crippen LogP contribution in [0.5, 0.6) is 0 Å². The largest absolute Gasteiger partial charge is 0.378 e. The first-order valence-electron chi connectivity index (χ1n) is 13.3. The number of piperidine rings is 2. The minimum atomic E-state index is -0.250. The average Bonchev–Trinajstić information content (AvgIpc) is 2.87. The Balaban J connectivity index is 1.30. The number of amides is 6. The van der Waals surface area contributed by atoms with Crippen molar-refractivity contribution in [1.29, 1.82) is 0 Å². The third-order valence-corrected chi connectivity index (χ3v) is 6.09. The van der Waals surface area contributed by atoms with Crippen LogP contribution in [0.25, 0.3) is 0 Å². The molecule has 2 rings (SSSR count). The van der Waals surface area contributed by atoms with E-state index < -0.39 is 0 Å². The Bertz CT molecular complexity index is 623. The number of likely N-dealkylation sites (tertiary alicyclic amines) is 2. The highest BCUT2D eigenvalue weighted by atomic mass is 16.5. The molecule has 2 fully saturated rings. The number of ether oxygens (including phenoxy) is 2. The molecule has 2 aliphatic heterocycles. The first kappa shape index (κ1) is 29.6. The van der Waals surface area contributed by atoms with E-state index >= 15 is 0 Å². The molecule has 0 bridgehead atoms. The molecule has 0 aliphatic carbocycles. The van der Waals surface area contributed by atoms with Crippen LogP contribution in [0.4, 0.5) is 9.59 Å². The zero-order valence-corrected chi connectivity index (χ0v) is 21.5. The van der Waals surface area contributed by atoms with Crippen molar-refractivity contribution in [2.24, 2.45) is 0 Å². The van der Waals surface area contributed by atoms with Crippen molar-refractivity contribution in [2.75, 3.05) is 78.8 Å². The second-order valence-electron chi connectivity index (χ2n) is 8.97. The molecule has 0 saturated carbocycles. The first-order valence-corrected chi connectivity index (χ1v) is 13.3. The van der Waals surface area contributed by atoms with E-state index in [-0.39, 0.29) is 23.9 Å². The Morgan fingerprint density at radius 3 is 1.44 bits per heavy atom. The summed E-state index contributed by atoms with van der Waals surface area (Å²) in [7, 11) is 0. The summed E-state index contributed by atoms with van der Waals surface area (Å²) < 4.78 is 11.0. The fourth-order valence-electron chi connectivity index (χ4n) is 4.00. The van der Waals surface area contributed by atoms with Crippen molar-refractivity contribution in [1.82, 2.24) is 31.1 Å². The lowest BCUT2D eigenvalue weighted by atomic mass is 10.1. The summed E-state index contributed by atoms with van der Waals surface area (Å²) >= 11 is 0. The van der Waals surface area contributed by atoms with Crippen molar-refractivity contribution in [2.45, 2.75) is 51.4 Å². The van der Waals surface area contributed by atoms with E-state index in [1.165, 1.54) is 0 Å². The van der Waals surface area contributed by atoms with Crippen molar-refractivity contribution < 1.29 is 28.7 Å². The number of hydrogen-bond acceptors (Lipinski definition) is 6. The van der Waals surface area contributed by atoms with Crippen LogP contribution >= 0.6 is 0 Å². The molecule has 4 N–H and O–H groups in total. The summed E-state index contributed by atoms with van der Waals surface area (Å²) in [6.45, 7) is 6.41. The Morgan fingerprint density at radius 1 is 0.611 bits per heavy atom. The number of hydrogen-bond donors (Lipinski definition) is 4. The molecule has 0 aromatic carbocycles. The van der Waals surface area contributed by atoms with Crippen molar-refractivity contribution in [3.63, 3.8) is 0 Å². The topological polar surface area (TPSA) is 141 Å². The summed E-state index contributed by atoms with van der Waals surface area (Å²) in [4.78, 5) is 50.6. The average molecular weight is 513 g/mol. The molecule has 0 spiro atoms. The molecule has 2 saturated heterocycles. The van der Waals surface area contributed by atoms with Crippen molar-refractivity contribution in [3.8, 4) is 0 Å². The van der Waals surface area contributed by atoms with E-state index in [1.54, 1.807) is 0 Å².